The predicted molar refractivity (Wildman–Crippen MR) is 62.6 cm³/mol. The van der Waals surface area contributed by atoms with Crippen LogP contribution in [0.4, 0.5) is 0 Å². The van der Waals surface area contributed by atoms with Crippen molar-refractivity contribution in [2.75, 3.05) is 0 Å². The third-order valence-electron chi connectivity index (χ3n) is 3.66. The summed E-state index contributed by atoms with van der Waals surface area (Å²) in [6.07, 6.45) is 1.49. The van der Waals surface area contributed by atoms with Gasteiger partial charge in [0.2, 0.25) is 0 Å². The van der Waals surface area contributed by atoms with Crippen LogP contribution in [-0.4, -0.2) is 18.2 Å². The van der Waals surface area contributed by atoms with Gasteiger partial charge in [0.25, 0.3) is 0 Å². The fourth-order valence-corrected chi connectivity index (χ4v) is 2.81. The van der Waals surface area contributed by atoms with Gasteiger partial charge in [-0.3, -0.25) is 4.79 Å². The van der Waals surface area contributed by atoms with Gasteiger partial charge in [-0.25, -0.2) is 0 Å². The maximum Gasteiger partial charge on any atom is 0.318 e. The van der Waals surface area contributed by atoms with Crippen molar-refractivity contribution in [3.05, 3.63) is 30.3 Å². The van der Waals surface area contributed by atoms with E-state index >= 15 is 0 Å². The van der Waals surface area contributed by atoms with Gasteiger partial charge in [0, 0.05) is 0 Å². The van der Waals surface area contributed by atoms with E-state index in [9.17, 15) is 4.79 Å². The number of esters is 1. The highest BCUT2D eigenvalue weighted by molar-refractivity contribution is 5.77. The average Bonchev–Trinajstić information content (AvgIpc) is 2.99. The molecule has 0 aromatic heterocycles. The molecule has 2 fully saturated rings. The number of carbonyl (C=O) groups is 1. The molecule has 1 aromatic carbocycles. The van der Waals surface area contributed by atoms with E-state index in [-0.39, 0.29) is 24.1 Å². The molecule has 0 aliphatic carbocycles. The van der Waals surface area contributed by atoms with E-state index in [2.05, 4.69) is 6.07 Å². The normalized spacial score (nSPS) is 33.1. The molecule has 0 N–H and O–H groups in total. The summed E-state index contributed by atoms with van der Waals surface area (Å²) in [6.45, 7) is 0. The molecule has 2 bridgehead atoms. The first-order chi connectivity index (χ1) is 8.79. The largest absolute Gasteiger partial charge is 0.426 e. The molecule has 4 nitrogen and oxygen atoms in total. The van der Waals surface area contributed by atoms with Crippen LogP contribution >= 0.6 is 0 Å². The van der Waals surface area contributed by atoms with Gasteiger partial charge in [-0.1, -0.05) is 18.2 Å². The fourth-order valence-electron chi connectivity index (χ4n) is 2.81. The lowest BCUT2D eigenvalue weighted by atomic mass is 9.80. The summed E-state index contributed by atoms with van der Waals surface area (Å²) in [6, 6.07) is 11.1. The summed E-state index contributed by atoms with van der Waals surface area (Å²) in [7, 11) is 0. The number of benzene rings is 1. The van der Waals surface area contributed by atoms with Gasteiger partial charge in [0.1, 0.15) is 11.7 Å². The maximum atomic E-state index is 12.1. The van der Waals surface area contributed by atoms with E-state index in [4.69, 9.17) is 14.7 Å². The Bertz CT molecular complexity index is 494. The van der Waals surface area contributed by atoms with Crippen LogP contribution in [0.3, 0.4) is 0 Å². The molecular weight excluding hydrogens is 230 g/mol. The molecule has 2 aliphatic heterocycles. The minimum absolute atomic E-state index is 0.0895. The minimum atomic E-state index is -0.436. The number of ether oxygens (including phenoxy) is 2. The third kappa shape index (κ3) is 1.77. The van der Waals surface area contributed by atoms with Crippen molar-refractivity contribution >= 4 is 5.97 Å². The van der Waals surface area contributed by atoms with Crippen molar-refractivity contribution < 1.29 is 14.3 Å². The van der Waals surface area contributed by atoms with Gasteiger partial charge in [-0.05, 0) is 25.0 Å². The second kappa shape index (κ2) is 4.43. The molecule has 0 spiro atoms. The molecule has 4 atom stereocenters. The second-order valence-corrected chi connectivity index (χ2v) is 4.71. The van der Waals surface area contributed by atoms with Gasteiger partial charge in [-0.15, -0.1) is 0 Å². The van der Waals surface area contributed by atoms with E-state index < -0.39 is 5.92 Å². The Kier molecular flexibility index (Phi) is 2.77. The van der Waals surface area contributed by atoms with Crippen LogP contribution in [0, 0.1) is 23.2 Å². The minimum Gasteiger partial charge on any atom is -0.426 e. The maximum absolute atomic E-state index is 12.1. The highest BCUT2D eigenvalue weighted by Crippen LogP contribution is 2.43. The molecule has 4 heteroatoms. The highest BCUT2D eigenvalue weighted by Gasteiger charge is 2.53. The molecule has 3 rings (SSSR count). The van der Waals surface area contributed by atoms with Crippen molar-refractivity contribution in [2.24, 2.45) is 11.8 Å². The van der Waals surface area contributed by atoms with Crippen LogP contribution in [0.1, 0.15) is 12.8 Å². The number of carbonyl (C=O) groups excluding carboxylic acids is 1. The molecule has 0 amide bonds. The summed E-state index contributed by atoms with van der Waals surface area (Å²) >= 11 is 0. The molecule has 18 heavy (non-hydrogen) atoms. The highest BCUT2D eigenvalue weighted by atomic mass is 16.5. The van der Waals surface area contributed by atoms with E-state index in [1.165, 1.54) is 0 Å². The van der Waals surface area contributed by atoms with Gasteiger partial charge in [0.15, 0.2) is 0 Å². The lowest BCUT2D eigenvalue weighted by molar-refractivity contribution is -0.141. The lowest BCUT2D eigenvalue weighted by Crippen LogP contribution is -2.35. The van der Waals surface area contributed by atoms with Crippen LogP contribution in [0.15, 0.2) is 30.3 Å². The molecule has 0 radical (unpaired) electrons. The molecule has 92 valence electrons. The van der Waals surface area contributed by atoms with Crippen molar-refractivity contribution in [3.8, 4) is 11.8 Å². The van der Waals surface area contributed by atoms with Gasteiger partial charge in [-0.2, -0.15) is 5.26 Å². The first-order valence-electron chi connectivity index (χ1n) is 6.11. The smallest absolute Gasteiger partial charge is 0.318 e. The van der Waals surface area contributed by atoms with Crippen molar-refractivity contribution in [2.45, 2.75) is 25.0 Å². The zero-order valence-electron chi connectivity index (χ0n) is 9.78. The lowest BCUT2D eigenvalue weighted by Gasteiger charge is -2.20. The number of para-hydroxylation sites is 1. The Morgan fingerprint density at radius 2 is 2.00 bits per heavy atom. The van der Waals surface area contributed by atoms with E-state index in [1.807, 2.05) is 18.2 Å². The van der Waals surface area contributed by atoms with Crippen LogP contribution in [0.2, 0.25) is 0 Å². The number of rotatable bonds is 2. The molecule has 1 aromatic rings. The molecule has 2 aliphatic rings. The first-order valence-corrected chi connectivity index (χ1v) is 6.11. The molecule has 2 saturated heterocycles. The van der Waals surface area contributed by atoms with Gasteiger partial charge < -0.3 is 9.47 Å². The van der Waals surface area contributed by atoms with Crippen LogP contribution in [-0.2, 0) is 9.53 Å². The number of hydrogen-bond acceptors (Lipinski definition) is 4. The quantitative estimate of drug-likeness (QED) is 0.588. The second-order valence-electron chi connectivity index (χ2n) is 4.71. The number of fused-ring (bicyclic) bond motifs is 2. The molecule has 0 saturated carbocycles. The topological polar surface area (TPSA) is 59.3 Å². The zero-order chi connectivity index (χ0) is 12.5. The summed E-state index contributed by atoms with van der Waals surface area (Å²) in [5.74, 6) is -0.629. The van der Waals surface area contributed by atoms with E-state index in [1.54, 1.807) is 12.1 Å². The van der Waals surface area contributed by atoms with Crippen molar-refractivity contribution in [1.82, 2.24) is 0 Å². The average molecular weight is 243 g/mol. The SMILES string of the molecule is N#C[C@@H]1[C@H](C(=O)Oc2ccccc2)[C@H]2CC[C@@H]1O2. The van der Waals surface area contributed by atoms with Crippen molar-refractivity contribution in [3.63, 3.8) is 0 Å². The Hall–Kier alpha value is -1.86. The summed E-state index contributed by atoms with van der Waals surface area (Å²) in [5, 5.41) is 9.14. The fraction of sp³-hybridized carbons (Fsp3) is 0.429. The number of nitrogens with zero attached hydrogens (tertiary/aromatic N) is 1. The first kappa shape index (κ1) is 11.2. The Labute approximate surface area is 105 Å². The summed E-state index contributed by atoms with van der Waals surface area (Å²) < 4.78 is 10.9. The predicted octanol–water partition coefficient (Wildman–Crippen LogP) is 1.91. The van der Waals surface area contributed by atoms with E-state index in [0.717, 1.165) is 12.8 Å². The Morgan fingerprint density at radius 1 is 1.28 bits per heavy atom. The van der Waals surface area contributed by atoms with E-state index in [0.29, 0.717) is 5.75 Å². The van der Waals surface area contributed by atoms with Crippen LogP contribution < -0.4 is 4.74 Å². The summed E-state index contributed by atoms with van der Waals surface area (Å²) in [4.78, 5) is 12.1. The van der Waals surface area contributed by atoms with Crippen molar-refractivity contribution in [1.29, 1.82) is 5.26 Å². The Morgan fingerprint density at radius 3 is 2.72 bits per heavy atom. The van der Waals surface area contributed by atoms with Crippen LogP contribution in [0.25, 0.3) is 0 Å². The standard InChI is InChI=1S/C14H13NO3/c15-8-10-11-6-7-12(18-11)13(10)14(16)17-9-4-2-1-3-5-9/h1-5,10-13H,6-7H2/t10-,11-,12+,13-/m0/s1. The molecule has 0 unspecified atom stereocenters. The zero-order valence-corrected chi connectivity index (χ0v) is 9.78. The monoisotopic (exact) mass is 243 g/mol. The number of hydrogen-bond donors (Lipinski definition) is 0. The molecule has 2 heterocycles. The third-order valence-corrected chi connectivity index (χ3v) is 3.66. The Balaban J connectivity index is 1.75. The van der Waals surface area contributed by atoms with Crippen LogP contribution in [0.5, 0.6) is 5.75 Å². The molecular formula is C14H13NO3. The number of nitriles is 1. The van der Waals surface area contributed by atoms with Gasteiger partial charge >= 0.3 is 5.97 Å². The summed E-state index contributed by atoms with van der Waals surface area (Å²) in [5.41, 5.74) is 0. The van der Waals surface area contributed by atoms with Gasteiger partial charge in [0.05, 0.1) is 24.2 Å².